The summed E-state index contributed by atoms with van der Waals surface area (Å²) in [5.74, 6) is 0. The number of fused-ring (bicyclic) bond motifs is 1. The molecule has 94 valence electrons. The molecule has 3 aromatic rings. The Hall–Kier alpha value is -1.77. The first-order valence-corrected chi connectivity index (χ1v) is 6.47. The summed E-state index contributed by atoms with van der Waals surface area (Å²) in [6.07, 6.45) is 1.71. The fourth-order valence-corrected chi connectivity index (χ4v) is 2.40. The fraction of sp³-hybridized carbons (Fsp3) is 0. The minimum Gasteiger partial charge on any atom is -0.328 e. The van der Waals surface area contributed by atoms with Gasteiger partial charge in [-0.05, 0) is 35.2 Å². The highest BCUT2D eigenvalue weighted by molar-refractivity contribution is 6.31. The Kier molecular flexibility index (Phi) is 3.05. The van der Waals surface area contributed by atoms with Crippen LogP contribution in [0, 0.1) is 0 Å². The molecule has 1 heterocycles. The lowest BCUT2D eigenvalue weighted by Gasteiger charge is -2.06. The van der Waals surface area contributed by atoms with Crippen LogP contribution in [0.4, 0.5) is 0 Å². The van der Waals surface area contributed by atoms with Gasteiger partial charge in [-0.25, -0.2) is 0 Å². The number of pyridine rings is 1. The van der Waals surface area contributed by atoms with Crippen LogP contribution in [0.3, 0.4) is 0 Å². The predicted molar refractivity (Wildman–Crippen MR) is 80.0 cm³/mol. The van der Waals surface area contributed by atoms with Gasteiger partial charge in [0.1, 0.15) is 0 Å². The Bertz CT molecular complexity index is 806. The van der Waals surface area contributed by atoms with E-state index in [0.29, 0.717) is 15.4 Å². The van der Waals surface area contributed by atoms with Crippen LogP contribution >= 0.6 is 23.2 Å². The smallest absolute Gasteiger partial charge is 0.255 e. The van der Waals surface area contributed by atoms with E-state index in [1.165, 1.54) is 0 Å². The van der Waals surface area contributed by atoms with Crippen LogP contribution < -0.4 is 5.56 Å². The maximum absolute atomic E-state index is 11.8. The molecule has 0 amide bonds. The van der Waals surface area contributed by atoms with Gasteiger partial charge in [-0.15, -0.1) is 0 Å². The average molecular weight is 290 g/mol. The summed E-state index contributed by atoms with van der Waals surface area (Å²) < 4.78 is 0. The van der Waals surface area contributed by atoms with Crippen molar-refractivity contribution in [1.29, 1.82) is 0 Å². The van der Waals surface area contributed by atoms with Gasteiger partial charge < -0.3 is 4.98 Å². The van der Waals surface area contributed by atoms with Gasteiger partial charge in [0.25, 0.3) is 5.56 Å². The van der Waals surface area contributed by atoms with Crippen molar-refractivity contribution < 1.29 is 0 Å². The summed E-state index contributed by atoms with van der Waals surface area (Å²) in [4.78, 5) is 14.6. The molecule has 4 heteroatoms. The summed E-state index contributed by atoms with van der Waals surface area (Å²) >= 11 is 11.8. The Morgan fingerprint density at radius 1 is 0.842 bits per heavy atom. The summed E-state index contributed by atoms with van der Waals surface area (Å²) in [6, 6.07) is 12.8. The van der Waals surface area contributed by atoms with Crippen LogP contribution in [0.2, 0.25) is 10.0 Å². The lowest BCUT2D eigenvalue weighted by molar-refractivity contribution is 1.28. The molecule has 3 rings (SSSR count). The van der Waals surface area contributed by atoms with E-state index < -0.39 is 0 Å². The van der Waals surface area contributed by atoms with Crippen molar-refractivity contribution in [2.45, 2.75) is 0 Å². The molecule has 0 aliphatic heterocycles. The van der Waals surface area contributed by atoms with Crippen molar-refractivity contribution in [3.05, 3.63) is 69.1 Å². The number of H-pyrrole nitrogens is 1. The van der Waals surface area contributed by atoms with Gasteiger partial charge in [-0.1, -0.05) is 41.4 Å². The van der Waals surface area contributed by atoms with E-state index in [4.69, 9.17) is 23.2 Å². The topological polar surface area (TPSA) is 32.9 Å². The SMILES string of the molecule is O=c1[nH]cc(-c2ccc(Cl)cc2)c2ccc(Cl)cc12. The normalized spacial score (nSPS) is 10.8. The van der Waals surface area contributed by atoms with Crippen LogP contribution in [0.5, 0.6) is 0 Å². The molecule has 0 spiro atoms. The molecule has 0 aliphatic carbocycles. The van der Waals surface area contributed by atoms with E-state index in [2.05, 4.69) is 4.98 Å². The molecule has 0 radical (unpaired) electrons. The zero-order valence-electron chi connectivity index (χ0n) is 9.78. The highest BCUT2D eigenvalue weighted by Crippen LogP contribution is 2.28. The number of nitrogens with one attached hydrogen (secondary N) is 1. The van der Waals surface area contributed by atoms with E-state index >= 15 is 0 Å². The van der Waals surface area contributed by atoms with Gasteiger partial charge in [0, 0.05) is 27.2 Å². The molecule has 1 aromatic heterocycles. The van der Waals surface area contributed by atoms with E-state index in [0.717, 1.165) is 16.5 Å². The van der Waals surface area contributed by atoms with Gasteiger partial charge in [0.2, 0.25) is 0 Å². The standard InChI is InChI=1S/C15H9Cl2NO/c16-10-3-1-9(2-4-10)14-8-18-15(19)13-7-11(17)5-6-12(13)14/h1-8H,(H,18,19). The molecular weight excluding hydrogens is 281 g/mol. The maximum Gasteiger partial charge on any atom is 0.255 e. The number of benzene rings is 2. The molecule has 0 fully saturated rings. The average Bonchev–Trinajstić information content (AvgIpc) is 2.41. The largest absolute Gasteiger partial charge is 0.328 e. The number of rotatable bonds is 1. The molecule has 0 saturated carbocycles. The van der Waals surface area contributed by atoms with Crippen molar-refractivity contribution in [2.75, 3.05) is 0 Å². The second-order valence-corrected chi connectivity index (χ2v) is 5.10. The van der Waals surface area contributed by atoms with E-state index in [1.54, 1.807) is 18.3 Å². The lowest BCUT2D eigenvalue weighted by atomic mass is 10.0. The molecule has 2 aromatic carbocycles. The maximum atomic E-state index is 11.8. The summed E-state index contributed by atoms with van der Waals surface area (Å²) in [7, 11) is 0. The van der Waals surface area contributed by atoms with Crippen molar-refractivity contribution in [3.8, 4) is 11.1 Å². The molecule has 0 atom stereocenters. The molecule has 19 heavy (non-hydrogen) atoms. The number of hydrogen-bond acceptors (Lipinski definition) is 1. The minimum atomic E-state index is -0.143. The first-order chi connectivity index (χ1) is 9.15. The number of halogens is 2. The lowest BCUT2D eigenvalue weighted by Crippen LogP contribution is -2.05. The van der Waals surface area contributed by atoms with Gasteiger partial charge in [-0.3, -0.25) is 4.79 Å². The first kappa shape index (κ1) is 12.3. The highest BCUT2D eigenvalue weighted by Gasteiger charge is 2.07. The molecule has 0 saturated heterocycles. The molecule has 2 nitrogen and oxygen atoms in total. The van der Waals surface area contributed by atoms with E-state index in [1.807, 2.05) is 30.3 Å². The van der Waals surface area contributed by atoms with Crippen LogP contribution in [0.25, 0.3) is 21.9 Å². The zero-order valence-corrected chi connectivity index (χ0v) is 11.3. The third kappa shape index (κ3) is 2.25. The molecular formula is C15H9Cl2NO. The zero-order chi connectivity index (χ0) is 13.4. The fourth-order valence-electron chi connectivity index (χ4n) is 2.10. The highest BCUT2D eigenvalue weighted by atomic mass is 35.5. The molecule has 0 unspecified atom stereocenters. The summed E-state index contributed by atoms with van der Waals surface area (Å²) in [5.41, 5.74) is 1.80. The number of aromatic amines is 1. The van der Waals surface area contributed by atoms with Crippen molar-refractivity contribution in [1.82, 2.24) is 4.98 Å². The Labute approximate surface area is 119 Å². The van der Waals surface area contributed by atoms with Crippen molar-refractivity contribution in [3.63, 3.8) is 0 Å². The van der Waals surface area contributed by atoms with Crippen LogP contribution in [-0.2, 0) is 0 Å². The number of hydrogen-bond donors (Lipinski definition) is 1. The Balaban J connectivity index is 2.33. The van der Waals surface area contributed by atoms with Crippen LogP contribution in [-0.4, -0.2) is 4.98 Å². The van der Waals surface area contributed by atoms with Crippen molar-refractivity contribution in [2.24, 2.45) is 0 Å². The Morgan fingerprint density at radius 2 is 1.53 bits per heavy atom. The molecule has 0 aliphatic rings. The third-order valence-electron chi connectivity index (χ3n) is 3.02. The van der Waals surface area contributed by atoms with Gasteiger partial charge in [0.15, 0.2) is 0 Å². The third-order valence-corrected chi connectivity index (χ3v) is 3.51. The van der Waals surface area contributed by atoms with Gasteiger partial charge in [0.05, 0.1) is 0 Å². The summed E-state index contributed by atoms with van der Waals surface area (Å²) in [6.45, 7) is 0. The monoisotopic (exact) mass is 289 g/mol. The van der Waals surface area contributed by atoms with E-state index in [9.17, 15) is 4.79 Å². The minimum absolute atomic E-state index is 0.143. The number of aromatic nitrogens is 1. The van der Waals surface area contributed by atoms with E-state index in [-0.39, 0.29) is 5.56 Å². The van der Waals surface area contributed by atoms with Crippen LogP contribution in [0.15, 0.2) is 53.5 Å². The van der Waals surface area contributed by atoms with Gasteiger partial charge >= 0.3 is 0 Å². The van der Waals surface area contributed by atoms with Crippen LogP contribution in [0.1, 0.15) is 0 Å². The van der Waals surface area contributed by atoms with Gasteiger partial charge in [-0.2, -0.15) is 0 Å². The quantitative estimate of drug-likeness (QED) is 0.703. The molecule has 1 N–H and O–H groups in total. The second kappa shape index (κ2) is 4.72. The second-order valence-electron chi connectivity index (χ2n) is 4.23. The summed E-state index contributed by atoms with van der Waals surface area (Å²) in [5, 5.41) is 2.68. The van der Waals surface area contributed by atoms with Crippen molar-refractivity contribution >= 4 is 34.0 Å². The Morgan fingerprint density at radius 3 is 2.26 bits per heavy atom. The predicted octanol–water partition coefficient (Wildman–Crippen LogP) is 4.50. The molecule has 0 bridgehead atoms. The first-order valence-electron chi connectivity index (χ1n) is 5.72.